The molecule has 2 aromatic carbocycles. The summed E-state index contributed by atoms with van der Waals surface area (Å²) in [5, 5.41) is 9.56. The first-order valence-electron chi connectivity index (χ1n) is 11.1. The van der Waals surface area contributed by atoms with Gasteiger partial charge in [0.1, 0.15) is 11.0 Å². The highest BCUT2D eigenvalue weighted by molar-refractivity contribution is 8.00. The van der Waals surface area contributed by atoms with E-state index in [0.717, 1.165) is 37.1 Å². The molecule has 1 aliphatic heterocycles. The van der Waals surface area contributed by atoms with Gasteiger partial charge in [0.05, 0.1) is 18.2 Å². The number of fused-ring (bicyclic) bond motifs is 1. The van der Waals surface area contributed by atoms with Crippen molar-refractivity contribution in [2.24, 2.45) is 0 Å². The third-order valence-electron chi connectivity index (χ3n) is 5.55. The van der Waals surface area contributed by atoms with E-state index in [-0.39, 0.29) is 11.9 Å². The third kappa shape index (κ3) is 4.82. The third-order valence-corrected chi connectivity index (χ3v) is 7.04. The second-order valence-corrected chi connectivity index (χ2v) is 9.39. The molecule has 1 aromatic heterocycles. The first kappa shape index (κ1) is 23.4. The predicted molar refractivity (Wildman–Crippen MR) is 132 cm³/mol. The van der Waals surface area contributed by atoms with Crippen LogP contribution >= 0.6 is 23.4 Å². The minimum Gasteiger partial charge on any atom is -0.495 e. The standard InChI is InChI=1S/C24H28ClN5O2S/c1-4-13-29(14-5-2)23(31)21-20(17-11-12-19(32-3)18(25)15-17)28-30-22(26-27-24(30)33-21)16-9-7-6-8-10-16/h6-12,15,20-21,28H,4-5,13-14H2,1-3H3/t20-,21+/m0/s1. The number of carbonyl (C=O) groups excluding carboxylic acids is 1. The van der Waals surface area contributed by atoms with Crippen molar-refractivity contribution >= 4 is 29.3 Å². The average Bonchev–Trinajstić information content (AvgIpc) is 3.26. The van der Waals surface area contributed by atoms with E-state index in [1.54, 1.807) is 7.11 Å². The van der Waals surface area contributed by atoms with Gasteiger partial charge in [0, 0.05) is 18.7 Å². The monoisotopic (exact) mass is 485 g/mol. The van der Waals surface area contributed by atoms with Gasteiger partial charge in [0.2, 0.25) is 11.1 Å². The Bertz CT molecular complexity index is 1100. The van der Waals surface area contributed by atoms with Gasteiger partial charge < -0.3 is 15.1 Å². The molecule has 2 atom stereocenters. The summed E-state index contributed by atoms with van der Waals surface area (Å²) in [6, 6.07) is 15.2. The number of thioether (sulfide) groups is 1. The van der Waals surface area contributed by atoms with Crippen LogP contribution in [-0.4, -0.2) is 51.1 Å². The number of rotatable bonds is 8. The van der Waals surface area contributed by atoms with Crippen LogP contribution in [0.1, 0.15) is 38.3 Å². The van der Waals surface area contributed by atoms with Gasteiger partial charge in [0.15, 0.2) is 5.82 Å². The second kappa shape index (κ2) is 10.5. The fourth-order valence-corrected chi connectivity index (χ4v) is 5.43. The first-order chi connectivity index (χ1) is 16.1. The molecule has 174 valence electrons. The Balaban J connectivity index is 1.76. The highest BCUT2D eigenvalue weighted by Crippen LogP contribution is 2.40. The van der Waals surface area contributed by atoms with Crippen LogP contribution in [0, 0.1) is 0 Å². The van der Waals surface area contributed by atoms with Crippen molar-refractivity contribution in [2.45, 2.75) is 43.1 Å². The molecule has 7 nitrogen and oxygen atoms in total. The highest BCUT2D eigenvalue weighted by atomic mass is 35.5. The number of methoxy groups -OCH3 is 1. The number of carbonyl (C=O) groups is 1. The van der Waals surface area contributed by atoms with E-state index in [0.29, 0.717) is 21.8 Å². The fourth-order valence-electron chi connectivity index (χ4n) is 4.00. The van der Waals surface area contributed by atoms with Gasteiger partial charge in [-0.15, -0.1) is 10.2 Å². The van der Waals surface area contributed by atoms with Gasteiger partial charge in [0.25, 0.3) is 0 Å². The van der Waals surface area contributed by atoms with Crippen LogP contribution in [0.4, 0.5) is 0 Å². The van der Waals surface area contributed by atoms with Gasteiger partial charge in [-0.1, -0.05) is 73.6 Å². The molecule has 0 saturated carbocycles. The molecule has 0 radical (unpaired) electrons. The maximum atomic E-state index is 13.7. The predicted octanol–water partition coefficient (Wildman–Crippen LogP) is 5.01. The SMILES string of the molecule is CCCN(CCC)C(=O)[C@@H]1Sc2nnc(-c3ccccc3)n2N[C@H]1c1ccc(OC)c(Cl)c1. The summed E-state index contributed by atoms with van der Waals surface area (Å²) in [5.74, 6) is 1.39. The summed E-state index contributed by atoms with van der Waals surface area (Å²) in [4.78, 5) is 15.7. The first-order valence-corrected chi connectivity index (χ1v) is 12.4. The molecule has 1 aliphatic rings. The van der Waals surface area contributed by atoms with E-state index in [9.17, 15) is 4.79 Å². The van der Waals surface area contributed by atoms with E-state index in [1.807, 2.05) is 58.1 Å². The molecule has 9 heteroatoms. The van der Waals surface area contributed by atoms with E-state index >= 15 is 0 Å². The van der Waals surface area contributed by atoms with Crippen LogP contribution in [0.3, 0.4) is 0 Å². The number of hydrogen-bond donors (Lipinski definition) is 1. The zero-order chi connectivity index (χ0) is 23.4. The van der Waals surface area contributed by atoms with Gasteiger partial charge in [-0.3, -0.25) is 4.79 Å². The minimum absolute atomic E-state index is 0.0867. The number of ether oxygens (including phenoxy) is 1. The van der Waals surface area contributed by atoms with Crippen molar-refractivity contribution in [3.63, 3.8) is 0 Å². The molecule has 0 spiro atoms. The van der Waals surface area contributed by atoms with Crippen LogP contribution in [0.2, 0.25) is 5.02 Å². The zero-order valence-electron chi connectivity index (χ0n) is 19.0. The summed E-state index contributed by atoms with van der Waals surface area (Å²) >= 11 is 7.90. The Hall–Kier alpha value is -2.71. The second-order valence-electron chi connectivity index (χ2n) is 7.87. The molecule has 0 aliphatic carbocycles. The van der Waals surface area contributed by atoms with Crippen LogP contribution in [0.15, 0.2) is 53.7 Å². The fraction of sp³-hybridized carbons (Fsp3) is 0.375. The molecule has 0 bridgehead atoms. The van der Waals surface area contributed by atoms with E-state index in [4.69, 9.17) is 16.3 Å². The maximum Gasteiger partial charge on any atom is 0.238 e. The number of hydrogen-bond acceptors (Lipinski definition) is 6. The number of nitrogens with one attached hydrogen (secondary N) is 1. The Morgan fingerprint density at radius 3 is 2.52 bits per heavy atom. The van der Waals surface area contributed by atoms with Crippen molar-refractivity contribution < 1.29 is 9.53 Å². The zero-order valence-corrected chi connectivity index (χ0v) is 20.6. The minimum atomic E-state index is -0.409. The normalized spacial score (nSPS) is 17.2. The number of halogens is 1. The van der Waals surface area contributed by atoms with E-state index < -0.39 is 5.25 Å². The molecule has 0 unspecified atom stereocenters. The van der Waals surface area contributed by atoms with E-state index in [1.165, 1.54) is 11.8 Å². The van der Waals surface area contributed by atoms with Crippen molar-refractivity contribution in [3.05, 3.63) is 59.1 Å². The van der Waals surface area contributed by atoms with Crippen molar-refractivity contribution in [1.82, 2.24) is 19.8 Å². The van der Waals surface area contributed by atoms with Crippen molar-refractivity contribution in [3.8, 4) is 17.1 Å². The summed E-state index contributed by atoms with van der Waals surface area (Å²) in [6.45, 7) is 5.63. The number of benzene rings is 2. The number of amides is 1. The Morgan fingerprint density at radius 2 is 1.88 bits per heavy atom. The largest absolute Gasteiger partial charge is 0.495 e. The maximum absolute atomic E-state index is 13.7. The average molecular weight is 486 g/mol. The molecule has 1 N–H and O–H groups in total. The lowest BCUT2D eigenvalue weighted by Crippen LogP contribution is -2.46. The highest BCUT2D eigenvalue weighted by Gasteiger charge is 2.40. The topological polar surface area (TPSA) is 72.3 Å². The van der Waals surface area contributed by atoms with Crippen LogP contribution in [-0.2, 0) is 4.79 Å². The summed E-state index contributed by atoms with van der Waals surface area (Å²) in [5.41, 5.74) is 5.36. The smallest absolute Gasteiger partial charge is 0.238 e. The van der Waals surface area contributed by atoms with Gasteiger partial charge in [-0.05, 0) is 30.5 Å². The Labute approximate surface area is 203 Å². The molecule has 2 heterocycles. The van der Waals surface area contributed by atoms with Crippen LogP contribution < -0.4 is 10.2 Å². The molecule has 3 aromatic rings. The molecule has 0 fully saturated rings. The Kier molecular flexibility index (Phi) is 7.45. The molecule has 0 saturated heterocycles. The number of nitrogens with zero attached hydrogens (tertiary/aromatic N) is 4. The van der Waals surface area contributed by atoms with Gasteiger partial charge in [-0.2, -0.15) is 0 Å². The lowest BCUT2D eigenvalue weighted by molar-refractivity contribution is -0.131. The van der Waals surface area contributed by atoms with Crippen LogP contribution in [0.5, 0.6) is 5.75 Å². The quantitative estimate of drug-likeness (QED) is 0.483. The summed E-state index contributed by atoms with van der Waals surface area (Å²) in [6.07, 6.45) is 1.81. The van der Waals surface area contributed by atoms with Crippen molar-refractivity contribution in [2.75, 3.05) is 25.6 Å². The number of aromatic nitrogens is 3. The molecular formula is C24H28ClN5O2S. The van der Waals surface area contributed by atoms with Gasteiger partial charge in [-0.25, -0.2) is 4.68 Å². The van der Waals surface area contributed by atoms with Crippen LogP contribution in [0.25, 0.3) is 11.4 Å². The summed E-state index contributed by atoms with van der Waals surface area (Å²) in [7, 11) is 1.59. The molecule has 1 amide bonds. The molecule has 4 rings (SSSR count). The lowest BCUT2D eigenvalue weighted by Gasteiger charge is -2.36. The molecular weight excluding hydrogens is 458 g/mol. The Morgan fingerprint density at radius 1 is 1.15 bits per heavy atom. The van der Waals surface area contributed by atoms with E-state index in [2.05, 4.69) is 29.5 Å². The molecule has 33 heavy (non-hydrogen) atoms. The van der Waals surface area contributed by atoms with Gasteiger partial charge >= 0.3 is 0 Å². The van der Waals surface area contributed by atoms with Crippen molar-refractivity contribution in [1.29, 1.82) is 0 Å². The lowest BCUT2D eigenvalue weighted by atomic mass is 10.0. The summed E-state index contributed by atoms with van der Waals surface area (Å²) < 4.78 is 7.20.